The van der Waals surface area contributed by atoms with Gasteiger partial charge in [-0.15, -0.1) is 0 Å². The summed E-state index contributed by atoms with van der Waals surface area (Å²) in [7, 11) is 0. The number of hydrogen-bond donors (Lipinski definition) is 2. The van der Waals surface area contributed by atoms with Crippen LogP contribution in [0.3, 0.4) is 0 Å². The van der Waals surface area contributed by atoms with Gasteiger partial charge < -0.3 is 28.8 Å². The monoisotopic (exact) mass is 626 g/mol. The SMILES string of the molecule is CCC(C)C(=O)O[C@@H]1[C@@H]2OC[C@]3(C)[C@H](OC(=O)C(C)CC)C[C@H](O)[C@@](C)([C@@H]23)[C@H]2CC[C@]3(C)C(=CC(=O)[C@@]3(O)c3ccoc3)[C@]12C. The molecule has 4 aliphatic carbocycles. The van der Waals surface area contributed by atoms with E-state index in [0.29, 0.717) is 31.2 Å². The molecule has 2 N–H and O–H groups in total. The van der Waals surface area contributed by atoms with Gasteiger partial charge in [0.2, 0.25) is 0 Å². The molecule has 0 radical (unpaired) electrons. The van der Waals surface area contributed by atoms with E-state index in [4.69, 9.17) is 18.6 Å². The third kappa shape index (κ3) is 3.99. The topological polar surface area (TPSA) is 132 Å². The number of hydrogen-bond acceptors (Lipinski definition) is 9. The first-order valence-electron chi connectivity index (χ1n) is 16.8. The maximum atomic E-state index is 13.9. The lowest BCUT2D eigenvalue weighted by atomic mass is 9.36. The van der Waals surface area contributed by atoms with Crippen molar-refractivity contribution in [3.8, 4) is 0 Å². The van der Waals surface area contributed by atoms with Crippen LogP contribution in [0.1, 0.15) is 93.1 Å². The van der Waals surface area contributed by atoms with Gasteiger partial charge in [0.15, 0.2) is 11.4 Å². The summed E-state index contributed by atoms with van der Waals surface area (Å²) in [5, 5.41) is 24.5. The van der Waals surface area contributed by atoms with Crippen LogP contribution in [-0.4, -0.2) is 59.0 Å². The second-order valence-electron chi connectivity index (χ2n) is 15.6. The zero-order chi connectivity index (χ0) is 32.9. The lowest BCUT2D eigenvalue weighted by molar-refractivity contribution is -0.267. The van der Waals surface area contributed by atoms with Gasteiger partial charge in [0.1, 0.15) is 12.2 Å². The van der Waals surface area contributed by atoms with E-state index < -0.39 is 57.5 Å². The minimum Gasteiger partial charge on any atom is -0.472 e. The van der Waals surface area contributed by atoms with Crippen molar-refractivity contribution in [2.75, 3.05) is 6.61 Å². The molecule has 9 heteroatoms. The Balaban J connectivity index is 1.50. The minimum absolute atomic E-state index is 0.234. The summed E-state index contributed by atoms with van der Waals surface area (Å²) in [4.78, 5) is 40.6. The largest absolute Gasteiger partial charge is 0.472 e. The Morgan fingerprint density at radius 1 is 1.07 bits per heavy atom. The Labute approximate surface area is 266 Å². The highest BCUT2D eigenvalue weighted by atomic mass is 16.6. The molecule has 2 heterocycles. The van der Waals surface area contributed by atoms with Gasteiger partial charge in [-0.25, -0.2) is 0 Å². The normalized spacial score (nSPS) is 46.4. The van der Waals surface area contributed by atoms with Crippen LogP contribution in [0, 0.1) is 45.3 Å². The first-order chi connectivity index (χ1) is 21.1. The summed E-state index contributed by atoms with van der Waals surface area (Å²) in [6.45, 7) is 16.0. The van der Waals surface area contributed by atoms with E-state index in [1.165, 1.54) is 12.5 Å². The lowest BCUT2D eigenvalue weighted by Crippen LogP contribution is -2.73. The van der Waals surface area contributed by atoms with E-state index in [9.17, 15) is 24.6 Å². The van der Waals surface area contributed by atoms with Crippen LogP contribution in [0.5, 0.6) is 0 Å². The number of esters is 2. The molecule has 1 saturated heterocycles. The van der Waals surface area contributed by atoms with Gasteiger partial charge in [-0.1, -0.05) is 55.4 Å². The second kappa shape index (κ2) is 10.5. The Morgan fingerprint density at radius 2 is 1.71 bits per heavy atom. The van der Waals surface area contributed by atoms with E-state index in [-0.39, 0.29) is 48.6 Å². The van der Waals surface area contributed by atoms with Gasteiger partial charge in [-0.2, -0.15) is 0 Å². The third-order valence-corrected chi connectivity index (χ3v) is 13.6. The van der Waals surface area contributed by atoms with Crippen molar-refractivity contribution in [1.82, 2.24) is 0 Å². The molecule has 0 bridgehead atoms. The summed E-state index contributed by atoms with van der Waals surface area (Å²) in [5.41, 5.74) is -4.08. The highest BCUT2D eigenvalue weighted by Crippen LogP contribution is 2.75. The molecular weight excluding hydrogens is 576 g/mol. The molecule has 2 unspecified atom stereocenters. The molecule has 248 valence electrons. The van der Waals surface area contributed by atoms with Crippen molar-refractivity contribution in [3.05, 3.63) is 35.8 Å². The molecule has 13 atom stereocenters. The van der Waals surface area contributed by atoms with Crippen LogP contribution < -0.4 is 0 Å². The fourth-order valence-corrected chi connectivity index (χ4v) is 10.5. The van der Waals surface area contributed by atoms with Gasteiger partial charge in [-0.3, -0.25) is 14.4 Å². The van der Waals surface area contributed by atoms with Crippen LogP contribution >= 0.6 is 0 Å². The van der Waals surface area contributed by atoms with Gasteiger partial charge in [0.05, 0.1) is 43.2 Å². The average molecular weight is 627 g/mol. The molecule has 0 amide bonds. The second-order valence-corrected chi connectivity index (χ2v) is 15.6. The fraction of sp³-hybridized carbons (Fsp3) is 0.750. The number of furan rings is 1. The van der Waals surface area contributed by atoms with Crippen LogP contribution in [-0.2, 0) is 34.2 Å². The van der Waals surface area contributed by atoms with Gasteiger partial charge >= 0.3 is 11.9 Å². The Kier molecular flexibility index (Phi) is 7.58. The average Bonchev–Trinajstić information content (AvgIpc) is 3.72. The zero-order valence-electron chi connectivity index (χ0n) is 27.9. The summed E-state index contributed by atoms with van der Waals surface area (Å²) in [6.07, 6.45) is 4.14. The van der Waals surface area contributed by atoms with Crippen molar-refractivity contribution >= 4 is 17.7 Å². The molecule has 0 spiro atoms. The third-order valence-electron chi connectivity index (χ3n) is 13.6. The van der Waals surface area contributed by atoms with E-state index in [2.05, 4.69) is 13.8 Å². The highest BCUT2D eigenvalue weighted by molar-refractivity contribution is 6.03. The summed E-state index contributed by atoms with van der Waals surface area (Å²) < 4.78 is 24.7. The molecule has 0 aromatic carbocycles. The zero-order valence-corrected chi connectivity index (χ0v) is 27.9. The predicted molar refractivity (Wildman–Crippen MR) is 163 cm³/mol. The molecule has 45 heavy (non-hydrogen) atoms. The first kappa shape index (κ1) is 32.5. The number of rotatable bonds is 7. The van der Waals surface area contributed by atoms with Crippen molar-refractivity contribution in [2.24, 2.45) is 45.3 Å². The number of aliphatic hydroxyl groups excluding tert-OH is 1. The first-order valence-corrected chi connectivity index (χ1v) is 16.8. The lowest BCUT2D eigenvalue weighted by Gasteiger charge is -2.69. The van der Waals surface area contributed by atoms with Gasteiger partial charge in [0.25, 0.3) is 0 Å². The summed E-state index contributed by atoms with van der Waals surface area (Å²) in [5.74, 6) is -2.22. The fourth-order valence-electron chi connectivity index (χ4n) is 10.5. The molecule has 4 fully saturated rings. The van der Waals surface area contributed by atoms with E-state index in [1.54, 1.807) is 12.1 Å². The molecule has 9 nitrogen and oxygen atoms in total. The van der Waals surface area contributed by atoms with Gasteiger partial charge in [-0.05, 0) is 49.3 Å². The van der Waals surface area contributed by atoms with Crippen LogP contribution in [0.2, 0.25) is 0 Å². The Morgan fingerprint density at radius 3 is 2.31 bits per heavy atom. The summed E-state index contributed by atoms with van der Waals surface area (Å²) in [6, 6.07) is 1.63. The van der Waals surface area contributed by atoms with Crippen molar-refractivity contribution < 1.29 is 43.2 Å². The smallest absolute Gasteiger partial charge is 0.309 e. The molecule has 5 aliphatic rings. The molecular formula is C36H50O9. The van der Waals surface area contributed by atoms with E-state index >= 15 is 0 Å². The predicted octanol–water partition coefficient (Wildman–Crippen LogP) is 5.12. The minimum atomic E-state index is -1.85. The quantitative estimate of drug-likeness (QED) is 0.396. The molecule has 1 aliphatic heterocycles. The number of ketones is 1. The van der Waals surface area contributed by atoms with Crippen LogP contribution in [0.25, 0.3) is 0 Å². The number of carbonyl (C=O) groups is 3. The van der Waals surface area contributed by atoms with E-state index in [0.717, 1.165) is 5.57 Å². The molecule has 1 aromatic rings. The van der Waals surface area contributed by atoms with Crippen molar-refractivity contribution in [3.63, 3.8) is 0 Å². The van der Waals surface area contributed by atoms with Crippen molar-refractivity contribution in [2.45, 2.75) is 118 Å². The molecule has 1 aromatic heterocycles. The van der Waals surface area contributed by atoms with E-state index in [1.807, 2.05) is 41.5 Å². The van der Waals surface area contributed by atoms with Crippen LogP contribution in [0.15, 0.2) is 34.7 Å². The molecule has 3 saturated carbocycles. The maximum Gasteiger partial charge on any atom is 0.309 e. The van der Waals surface area contributed by atoms with Crippen LogP contribution in [0.4, 0.5) is 0 Å². The number of carbonyl (C=O) groups excluding carboxylic acids is 3. The molecule has 6 rings (SSSR count). The number of ether oxygens (including phenoxy) is 3. The maximum absolute atomic E-state index is 13.9. The van der Waals surface area contributed by atoms with Gasteiger partial charge in [0, 0.05) is 39.6 Å². The highest BCUT2D eigenvalue weighted by Gasteiger charge is 2.79. The van der Waals surface area contributed by atoms with Crippen molar-refractivity contribution in [1.29, 1.82) is 0 Å². The standard InChI is InChI=1S/C36H50O9/c1-9-19(3)30(39)44-26-16-24(37)35(8)22-11-13-33(6)23(15-25(38)36(33,41)21-12-14-42-17-21)34(22,7)29(45-31(40)20(4)10-2)27-28(35)32(26,5)18-43-27/h12,14-15,17,19-20,22,24,26-29,37,41H,9-11,13,16,18H2,1-8H3/t19?,20?,22-,24-,26+,27+,28-,29+,32+,33+,34+,35-,36-/m0/s1. The summed E-state index contributed by atoms with van der Waals surface area (Å²) >= 11 is 0. The number of fused-ring (bicyclic) bond motifs is 4. The Bertz CT molecular complexity index is 1400. The number of aliphatic hydroxyl groups is 2. The Hall–Kier alpha value is -2.49.